The number of carbonyl (C=O) groups excluding carboxylic acids is 1. The number of hydrogen-bond acceptors (Lipinski definition) is 6. The minimum absolute atomic E-state index is 0.0540. The van der Waals surface area contributed by atoms with Crippen LogP contribution in [0, 0.1) is 0 Å². The number of thiazole rings is 1. The lowest BCUT2D eigenvalue weighted by atomic mass is 9.78. The van der Waals surface area contributed by atoms with Crippen molar-refractivity contribution >= 4 is 17.2 Å². The zero-order chi connectivity index (χ0) is 18.7. The zero-order valence-corrected chi connectivity index (χ0v) is 16.1. The molecule has 6 nitrogen and oxygen atoms in total. The number of amides is 1. The van der Waals surface area contributed by atoms with Crippen LogP contribution in [0.15, 0.2) is 23.6 Å². The summed E-state index contributed by atoms with van der Waals surface area (Å²) in [7, 11) is 0. The van der Waals surface area contributed by atoms with Gasteiger partial charge in [-0.05, 0) is 37.1 Å². The van der Waals surface area contributed by atoms with Crippen molar-refractivity contribution in [2.24, 2.45) is 5.73 Å². The Bertz CT molecular complexity index is 815. The van der Waals surface area contributed by atoms with Crippen molar-refractivity contribution in [2.75, 3.05) is 26.3 Å². The molecule has 3 N–H and O–H groups in total. The summed E-state index contributed by atoms with van der Waals surface area (Å²) in [5.74, 6) is 1.50. The molecule has 0 unspecified atom stereocenters. The molecular weight excluding hydrogens is 362 g/mol. The van der Waals surface area contributed by atoms with E-state index in [1.807, 2.05) is 11.4 Å². The van der Waals surface area contributed by atoms with E-state index in [1.165, 1.54) is 29.7 Å². The van der Waals surface area contributed by atoms with Crippen molar-refractivity contribution in [3.63, 3.8) is 0 Å². The summed E-state index contributed by atoms with van der Waals surface area (Å²) in [4.78, 5) is 17.0. The monoisotopic (exact) mass is 387 g/mol. The molecule has 27 heavy (non-hydrogen) atoms. The molecule has 1 saturated carbocycles. The molecule has 1 aromatic carbocycles. The first kappa shape index (κ1) is 18.3. The molecule has 1 amide bonds. The first-order chi connectivity index (χ1) is 13.2. The molecule has 0 bridgehead atoms. The number of aromatic nitrogens is 1. The second kappa shape index (κ2) is 7.86. The lowest BCUT2D eigenvalue weighted by Crippen LogP contribution is -2.39. The Morgan fingerprint density at radius 3 is 2.78 bits per heavy atom. The van der Waals surface area contributed by atoms with E-state index in [-0.39, 0.29) is 11.3 Å². The van der Waals surface area contributed by atoms with E-state index < -0.39 is 0 Å². The summed E-state index contributed by atoms with van der Waals surface area (Å²) in [5, 5.41) is 5.84. The van der Waals surface area contributed by atoms with E-state index in [9.17, 15) is 4.79 Å². The maximum Gasteiger partial charge on any atom is 0.270 e. The van der Waals surface area contributed by atoms with Crippen molar-refractivity contribution in [3.8, 4) is 11.5 Å². The highest BCUT2D eigenvalue weighted by Gasteiger charge is 2.37. The van der Waals surface area contributed by atoms with Gasteiger partial charge in [0.2, 0.25) is 0 Å². The molecule has 1 fully saturated rings. The summed E-state index contributed by atoms with van der Waals surface area (Å²) in [6.07, 6.45) is 5.16. The van der Waals surface area contributed by atoms with Crippen molar-refractivity contribution in [3.05, 3.63) is 39.8 Å². The van der Waals surface area contributed by atoms with Crippen LogP contribution in [0.5, 0.6) is 11.5 Å². The van der Waals surface area contributed by atoms with Gasteiger partial charge < -0.3 is 20.5 Å². The number of nitrogens with two attached hydrogens (primary N) is 1. The van der Waals surface area contributed by atoms with Gasteiger partial charge in [0, 0.05) is 23.8 Å². The fourth-order valence-corrected chi connectivity index (χ4v) is 4.78. The number of carbonyl (C=O) groups is 1. The third-order valence-corrected chi connectivity index (χ3v) is 6.35. The van der Waals surface area contributed by atoms with Crippen LogP contribution in [0.3, 0.4) is 0 Å². The van der Waals surface area contributed by atoms with E-state index >= 15 is 0 Å². The maximum absolute atomic E-state index is 12.6. The van der Waals surface area contributed by atoms with Gasteiger partial charge in [-0.1, -0.05) is 18.9 Å². The van der Waals surface area contributed by atoms with Gasteiger partial charge in [-0.15, -0.1) is 11.3 Å². The number of nitrogens with zero attached hydrogens (tertiary/aromatic N) is 1. The molecule has 144 valence electrons. The zero-order valence-electron chi connectivity index (χ0n) is 15.3. The molecule has 1 aromatic heterocycles. The predicted octanol–water partition coefficient (Wildman–Crippen LogP) is 2.66. The Kier molecular flexibility index (Phi) is 5.31. The van der Waals surface area contributed by atoms with Gasteiger partial charge in [0.15, 0.2) is 11.5 Å². The molecule has 0 radical (unpaired) electrons. The maximum atomic E-state index is 12.6. The molecule has 4 rings (SSSR count). The standard InChI is InChI=1S/C20H25N3O3S/c21-8-5-18-23-15(12-27-18)19(24)22-13-20(6-1-2-7-20)14-3-4-16-17(11-14)26-10-9-25-16/h3-4,11-12H,1-2,5-10,13,21H2,(H,22,24). The molecule has 0 atom stereocenters. The Balaban J connectivity index is 1.49. The second-order valence-corrected chi connectivity index (χ2v) is 8.14. The highest BCUT2D eigenvalue weighted by molar-refractivity contribution is 7.09. The van der Waals surface area contributed by atoms with Crippen molar-refractivity contribution in [1.29, 1.82) is 0 Å². The van der Waals surface area contributed by atoms with Crippen molar-refractivity contribution in [1.82, 2.24) is 10.3 Å². The number of benzene rings is 1. The smallest absolute Gasteiger partial charge is 0.270 e. The molecule has 0 saturated heterocycles. The average molecular weight is 388 g/mol. The average Bonchev–Trinajstić information content (AvgIpc) is 3.37. The number of rotatable bonds is 6. The molecule has 2 aromatic rings. The summed E-state index contributed by atoms with van der Waals surface area (Å²) in [5.41, 5.74) is 7.21. The summed E-state index contributed by atoms with van der Waals surface area (Å²) in [6, 6.07) is 6.20. The minimum Gasteiger partial charge on any atom is -0.486 e. The van der Waals surface area contributed by atoms with Crippen LogP contribution in [-0.4, -0.2) is 37.2 Å². The van der Waals surface area contributed by atoms with Crippen LogP contribution in [-0.2, 0) is 11.8 Å². The number of ether oxygens (including phenoxy) is 2. The van der Waals surface area contributed by atoms with E-state index in [0.29, 0.717) is 38.4 Å². The summed E-state index contributed by atoms with van der Waals surface area (Å²) >= 11 is 1.49. The molecule has 1 aliphatic heterocycles. The van der Waals surface area contributed by atoms with Crippen LogP contribution in [0.4, 0.5) is 0 Å². The van der Waals surface area contributed by atoms with E-state index in [0.717, 1.165) is 29.3 Å². The van der Waals surface area contributed by atoms with Gasteiger partial charge in [-0.25, -0.2) is 4.98 Å². The number of hydrogen-bond donors (Lipinski definition) is 2. The quantitative estimate of drug-likeness (QED) is 0.796. The van der Waals surface area contributed by atoms with Crippen molar-refractivity contribution < 1.29 is 14.3 Å². The largest absolute Gasteiger partial charge is 0.486 e. The molecule has 7 heteroatoms. The number of nitrogens with one attached hydrogen (secondary N) is 1. The van der Waals surface area contributed by atoms with Gasteiger partial charge in [0.1, 0.15) is 18.9 Å². The topological polar surface area (TPSA) is 86.5 Å². The molecule has 2 aliphatic rings. The Hall–Kier alpha value is -2.12. The van der Waals surface area contributed by atoms with Gasteiger partial charge in [0.25, 0.3) is 5.91 Å². The first-order valence-corrected chi connectivity index (χ1v) is 10.4. The van der Waals surface area contributed by atoms with Gasteiger partial charge in [-0.2, -0.15) is 0 Å². The van der Waals surface area contributed by atoms with Crippen LogP contribution in [0.1, 0.15) is 46.7 Å². The van der Waals surface area contributed by atoms with Crippen LogP contribution in [0.2, 0.25) is 0 Å². The lowest BCUT2D eigenvalue weighted by molar-refractivity contribution is 0.0938. The first-order valence-electron chi connectivity index (χ1n) is 9.53. The highest BCUT2D eigenvalue weighted by Crippen LogP contribution is 2.43. The van der Waals surface area contributed by atoms with E-state index in [1.54, 1.807) is 0 Å². The Morgan fingerprint density at radius 1 is 1.22 bits per heavy atom. The normalized spacial score (nSPS) is 17.7. The minimum atomic E-state index is -0.113. The fraction of sp³-hybridized carbons (Fsp3) is 0.500. The Labute approximate surface area is 163 Å². The van der Waals surface area contributed by atoms with E-state index in [2.05, 4.69) is 22.4 Å². The van der Waals surface area contributed by atoms with Crippen LogP contribution in [0.25, 0.3) is 0 Å². The van der Waals surface area contributed by atoms with Crippen LogP contribution < -0.4 is 20.5 Å². The van der Waals surface area contributed by atoms with Crippen molar-refractivity contribution in [2.45, 2.75) is 37.5 Å². The van der Waals surface area contributed by atoms with Gasteiger partial charge in [0.05, 0.1) is 5.01 Å². The van der Waals surface area contributed by atoms with Gasteiger partial charge in [-0.3, -0.25) is 4.79 Å². The third kappa shape index (κ3) is 3.80. The second-order valence-electron chi connectivity index (χ2n) is 7.19. The fourth-order valence-electron chi connectivity index (χ4n) is 3.99. The molecule has 1 aliphatic carbocycles. The summed E-state index contributed by atoms with van der Waals surface area (Å²) < 4.78 is 11.4. The van der Waals surface area contributed by atoms with Crippen LogP contribution >= 0.6 is 11.3 Å². The SMILES string of the molecule is NCCc1nc(C(=O)NCC2(c3ccc4c(c3)OCCO4)CCCC2)cs1. The number of fused-ring (bicyclic) bond motifs is 1. The van der Waals surface area contributed by atoms with E-state index in [4.69, 9.17) is 15.2 Å². The highest BCUT2D eigenvalue weighted by atomic mass is 32.1. The summed E-state index contributed by atoms with van der Waals surface area (Å²) in [6.45, 7) is 2.32. The molecule has 0 spiro atoms. The predicted molar refractivity (Wildman–Crippen MR) is 105 cm³/mol. The Morgan fingerprint density at radius 2 is 2.00 bits per heavy atom. The third-order valence-electron chi connectivity index (χ3n) is 5.45. The molecule has 2 heterocycles. The molecular formula is C20H25N3O3S. The van der Waals surface area contributed by atoms with Gasteiger partial charge >= 0.3 is 0 Å². The lowest BCUT2D eigenvalue weighted by Gasteiger charge is -2.31.